The number of alkyl halides is 3. The van der Waals surface area contributed by atoms with Gasteiger partial charge in [0.25, 0.3) is 5.91 Å². The second kappa shape index (κ2) is 8.25. The van der Waals surface area contributed by atoms with E-state index in [1.807, 2.05) is 0 Å². The Labute approximate surface area is 162 Å². The first-order chi connectivity index (χ1) is 13.7. The largest absolute Gasteiger partial charge is 0.405 e. The zero-order valence-corrected chi connectivity index (χ0v) is 15.0. The lowest BCUT2D eigenvalue weighted by Gasteiger charge is -2.08. The average molecular weight is 409 g/mol. The minimum absolute atomic E-state index is 0.243. The van der Waals surface area contributed by atoms with Gasteiger partial charge in [-0.25, -0.2) is 4.39 Å². The SMILES string of the molecule is Cc1onc(-c2ccc(F)cc2)c1CNc1ccc(C(=O)NCC(F)(F)F)nn1. The Bertz CT molecular complexity index is 985. The summed E-state index contributed by atoms with van der Waals surface area (Å²) < 4.78 is 54.8. The predicted octanol–water partition coefficient (Wildman–Crippen LogP) is 3.48. The fourth-order valence-corrected chi connectivity index (χ4v) is 2.43. The third-order valence-corrected chi connectivity index (χ3v) is 3.90. The summed E-state index contributed by atoms with van der Waals surface area (Å²) in [5.74, 6) is -0.505. The highest BCUT2D eigenvalue weighted by Gasteiger charge is 2.28. The second-order valence-corrected chi connectivity index (χ2v) is 6.03. The van der Waals surface area contributed by atoms with Crippen LogP contribution in [-0.2, 0) is 6.54 Å². The lowest BCUT2D eigenvalue weighted by molar-refractivity contribution is -0.123. The molecule has 3 rings (SSSR count). The minimum atomic E-state index is -4.51. The lowest BCUT2D eigenvalue weighted by atomic mass is 10.1. The number of amides is 1. The van der Waals surface area contributed by atoms with Gasteiger partial charge in [-0.1, -0.05) is 5.16 Å². The Balaban J connectivity index is 1.66. The smallest absolute Gasteiger partial charge is 0.364 e. The van der Waals surface area contributed by atoms with Gasteiger partial charge < -0.3 is 15.2 Å². The van der Waals surface area contributed by atoms with Crippen LogP contribution >= 0.6 is 0 Å². The van der Waals surface area contributed by atoms with Crippen molar-refractivity contribution in [1.29, 1.82) is 0 Å². The van der Waals surface area contributed by atoms with Crippen LogP contribution in [0.4, 0.5) is 23.4 Å². The average Bonchev–Trinajstić information content (AvgIpc) is 3.05. The van der Waals surface area contributed by atoms with Gasteiger partial charge in [-0.05, 0) is 43.3 Å². The van der Waals surface area contributed by atoms with Crippen LogP contribution in [0, 0.1) is 12.7 Å². The summed E-state index contributed by atoms with van der Waals surface area (Å²) in [4.78, 5) is 11.6. The van der Waals surface area contributed by atoms with E-state index < -0.39 is 18.6 Å². The van der Waals surface area contributed by atoms with Gasteiger partial charge in [0.2, 0.25) is 0 Å². The first-order valence-corrected chi connectivity index (χ1v) is 8.36. The second-order valence-electron chi connectivity index (χ2n) is 6.03. The number of anilines is 1. The Hall–Kier alpha value is -3.50. The highest BCUT2D eigenvalue weighted by Crippen LogP contribution is 2.26. The Kier molecular flexibility index (Phi) is 5.76. The van der Waals surface area contributed by atoms with Crippen molar-refractivity contribution >= 4 is 11.7 Å². The molecule has 11 heteroatoms. The standard InChI is InChI=1S/C18H15F4N5O2/c1-10-13(16(27-29-10)11-2-4-12(19)5-3-11)8-23-15-7-6-14(25-26-15)17(28)24-9-18(20,21)22/h2-7H,8-9H2,1H3,(H,23,26)(H,24,28). The van der Waals surface area contributed by atoms with Gasteiger partial charge in [0.05, 0.1) is 0 Å². The molecular weight excluding hydrogens is 394 g/mol. The molecule has 0 unspecified atom stereocenters. The summed E-state index contributed by atoms with van der Waals surface area (Å²) >= 11 is 0. The molecule has 0 atom stereocenters. The van der Waals surface area contributed by atoms with E-state index in [9.17, 15) is 22.4 Å². The summed E-state index contributed by atoms with van der Waals surface area (Å²) in [6.07, 6.45) is -4.51. The number of hydrogen-bond acceptors (Lipinski definition) is 6. The van der Waals surface area contributed by atoms with Crippen molar-refractivity contribution in [2.24, 2.45) is 0 Å². The molecule has 0 radical (unpaired) electrons. The normalized spacial score (nSPS) is 11.3. The molecule has 0 saturated carbocycles. The number of aryl methyl sites for hydroxylation is 1. The van der Waals surface area contributed by atoms with Gasteiger partial charge in [-0.3, -0.25) is 4.79 Å². The summed E-state index contributed by atoms with van der Waals surface area (Å²) in [7, 11) is 0. The molecule has 0 spiro atoms. The van der Waals surface area contributed by atoms with Gasteiger partial charge in [-0.15, -0.1) is 10.2 Å². The highest BCUT2D eigenvalue weighted by molar-refractivity contribution is 5.92. The van der Waals surface area contributed by atoms with E-state index >= 15 is 0 Å². The Morgan fingerprint density at radius 1 is 1.10 bits per heavy atom. The zero-order chi connectivity index (χ0) is 21.0. The molecular formula is C18H15F4N5O2. The molecule has 0 aliphatic heterocycles. The van der Waals surface area contributed by atoms with Crippen molar-refractivity contribution in [2.45, 2.75) is 19.6 Å². The molecule has 0 aliphatic carbocycles. The first-order valence-electron chi connectivity index (χ1n) is 8.36. The minimum Gasteiger partial charge on any atom is -0.364 e. The zero-order valence-electron chi connectivity index (χ0n) is 15.0. The van der Waals surface area contributed by atoms with Crippen molar-refractivity contribution in [3.05, 3.63) is 59.2 Å². The maximum atomic E-state index is 13.1. The molecule has 0 bridgehead atoms. The predicted molar refractivity (Wildman–Crippen MR) is 94.4 cm³/mol. The van der Waals surface area contributed by atoms with Crippen LogP contribution in [0.25, 0.3) is 11.3 Å². The van der Waals surface area contributed by atoms with E-state index in [0.29, 0.717) is 28.4 Å². The van der Waals surface area contributed by atoms with Crippen molar-refractivity contribution in [1.82, 2.24) is 20.7 Å². The van der Waals surface area contributed by atoms with E-state index in [1.165, 1.54) is 24.3 Å². The van der Waals surface area contributed by atoms with Crippen LogP contribution < -0.4 is 10.6 Å². The lowest BCUT2D eigenvalue weighted by Crippen LogP contribution is -2.34. The third-order valence-electron chi connectivity index (χ3n) is 3.90. The number of hydrogen-bond donors (Lipinski definition) is 2. The van der Waals surface area contributed by atoms with Gasteiger partial charge >= 0.3 is 6.18 Å². The molecule has 2 heterocycles. The van der Waals surface area contributed by atoms with Crippen LogP contribution in [0.2, 0.25) is 0 Å². The van der Waals surface area contributed by atoms with Gasteiger partial charge in [0.1, 0.15) is 29.6 Å². The molecule has 3 aromatic rings. The fraction of sp³-hybridized carbons (Fsp3) is 0.222. The van der Waals surface area contributed by atoms with Crippen LogP contribution in [-0.4, -0.2) is 34.0 Å². The van der Waals surface area contributed by atoms with Crippen molar-refractivity contribution < 1.29 is 26.9 Å². The molecule has 1 amide bonds. The number of halogens is 4. The van der Waals surface area contributed by atoms with E-state index in [2.05, 4.69) is 20.7 Å². The molecule has 1 aromatic carbocycles. The maximum absolute atomic E-state index is 13.1. The topological polar surface area (TPSA) is 92.9 Å². The summed E-state index contributed by atoms with van der Waals surface area (Å²) in [5.41, 5.74) is 1.67. The van der Waals surface area contributed by atoms with Crippen molar-refractivity contribution in [3.63, 3.8) is 0 Å². The molecule has 0 aliphatic rings. The number of benzene rings is 1. The third kappa shape index (κ3) is 5.27. The van der Waals surface area contributed by atoms with Crippen LogP contribution in [0.15, 0.2) is 40.9 Å². The highest BCUT2D eigenvalue weighted by atomic mass is 19.4. The summed E-state index contributed by atoms with van der Waals surface area (Å²) in [6.45, 7) is 0.513. The monoisotopic (exact) mass is 409 g/mol. The van der Waals surface area contributed by atoms with Crippen molar-refractivity contribution in [2.75, 3.05) is 11.9 Å². The van der Waals surface area contributed by atoms with Gasteiger partial charge in [0.15, 0.2) is 5.69 Å². The van der Waals surface area contributed by atoms with E-state index in [-0.39, 0.29) is 18.1 Å². The molecule has 0 saturated heterocycles. The number of rotatable bonds is 6. The number of nitrogens with one attached hydrogen (secondary N) is 2. The molecule has 7 nitrogen and oxygen atoms in total. The van der Waals surface area contributed by atoms with Crippen LogP contribution in [0.3, 0.4) is 0 Å². The van der Waals surface area contributed by atoms with Crippen molar-refractivity contribution in [3.8, 4) is 11.3 Å². The Morgan fingerprint density at radius 2 is 1.83 bits per heavy atom. The number of carbonyl (C=O) groups excluding carboxylic acids is 1. The van der Waals surface area contributed by atoms with Crippen LogP contribution in [0.1, 0.15) is 21.8 Å². The summed E-state index contributed by atoms with van der Waals surface area (Å²) in [6, 6.07) is 8.43. The molecule has 152 valence electrons. The van der Waals surface area contributed by atoms with Crippen LogP contribution in [0.5, 0.6) is 0 Å². The van der Waals surface area contributed by atoms with E-state index in [1.54, 1.807) is 24.4 Å². The Morgan fingerprint density at radius 3 is 2.45 bits per heavy atom. The molecule has 2 aromatic heterocycles. The first kappa shape index (κ1) is 20.2. The quantitative estimate of drug-likeness (QED) is 0.606. The van der Waals surface area contributed by atoms with Gasteiger partial charge in [-0.2, -0.15) is 13.2 Å². The molecule has 0 fully saturated rings. The molecule has 29 heavy (non-hydrogen) atoms. The number of carbonyl (C=O) groups is 1. The number of nitrogens with zero attached hydrogens (tertiary/aromatic N) is 3. The molecule has 2 N–H and O–H groups in total. The van der Waals surface area contributed by atoms with E-state index in [4.69, 9.17) is 4.52 Å². The fourth-order valence-electron chi connectivity index (χ4n) is 2.43. The van der Waals surface area contributed by atoms with E-state index in [0.717, 1.165) is 0 Å². The van der Waals surface area contributed by atoms with Gasteiger partial charge in [0, 0.05) is 17.7 Å². The maximum Gasteiger partial charge on any atom is 0.405 e. The number of aromatic nitrogens is 3. The summed E-state index contributed by atoms with van der Waals surface area (Å²) in [5, 5.41) is 16.1.